The lowest BCUT2D eigenvalue weighted by Gasteiger charge is -2.52. The van der Waals surface area contributed by atoms with E-state index in [1.807, 2.05) is 41.3 Å². The zero-order valence-electron chi connectivity index (χ0n) is 25.5. The van der Waals surface area contributed by atoms with E-state index in [0.29, 0.717) is 44.8 Å². The molecule has 0 aromatic heterocycles. The average molecular weight is 590 g/mol. The summed E-state index contributed by atoms with van der Waals surface area (Å²) < 4.78 is 5.29. The van der Waals surface area contributed by atoms with Gasteiger partial charge in [0.15, 0.2) is 0 Å². The topological polar surface area (TPSA) is 94.2 Å². The maximum Gasteiger partial charge on any atom is 0.407 e. The second-order valence-electron chi connectivity index (χ2n) is 12.3. The number of rotatable bonds is 12. The fraction of sp³-hybridized carbons (Fsp3) is 0.559. The largest absolute Gasteiger partial charge is 0.445 e. The average Bonchev–Trinajstić information content (AvgIpc) is 3.45. The summed E-state index contributed by atoms with van der Waals surface area (Å²) in [5.74, 6) is -0.000504. The molecule has 3 fully saturated rings. The lowest BCUT2D eigenvalue weighted by Crippen LogP contribution is -2.73. The van der Waals surface area contributed by atoms with Crippen molar-refractivity contribution in [1.29, 1.82) is 0 Å². The molecule has 1 spiro atoms. The molecule has 0 bridgehead atoms. The van der Waals surface area contributed by atoms with Crippen LogP contribution < -0.4 is 10.6 Å². The summed E-state index contributed by atoms with van der Waals surface area (Å²) in [6.45, 7) is 4.82. The van der Waals surface area contributed by atoms with E-state index in [9.17, 15) is 14.4 Å². The summed E-state index contributed by atoms with van der Waals surface area (Å²) >= 11 is 0. The van der Waals surface area contributed by atoms with Crippen molar-refractivity contribution in [3.8, 4) is 0 Å². The van der Waals surface area contributed by atoms with Crippen LogP contribution in [0.3, 0.4) is 0 Å². The van der Waals surface area contributed by atoms with Gasteiger partial charge in [0.2, 0.25) is 11.8 Å². The summed E-state index contributed by atoms with van der Waals surface area (Å²) in [5, 5.41) is 5.87. The number of hydrogen-bond acceptors (Lipinski definition) is 6. The van der Waals surface area contributed by atoms with E-state index >= 15 is 0 Å². The first-order valence-corrected chi connectivity index (χ1v) is 16.0. The Kier molecular flexibility index (Phi) is 10.7. The van der Waals surface area contributed by atoms with Gasteiger partial charge in [-0.3, -0.25) is 9.59 Å². The highest BCUT2D eigenvalue weighted by Crippen LogP contribution is 2.34. The van der Waals surface area contributed by atoms with Gasteiger partial charge in [-0.05, 0) is 76.1 Å². The van der Waals surface area contributed by atoms with E-state index in [4.69, 9.17) is 4.74 Å². The number of benzene rings is 2. The van der Waals surface area contributed by atoms with Gasteiger partial charge in [0.25, 0.3) is 0 Å². The van der Waals surface area contributed by atoms with Crippen molar-refractivity contribution in [3.05, 3.63) is 71.8 Å². The molecule has 9 nitrogen and oxygen atoms in total. The van der Waals surface area contributed by atoms with Crippen LogP contribution in [-0.2, 0) is 27.4 Å². The van der Waals surface area contributed by atoms with E-state index in [1.165, 1.54) is 12.0 Å². The molecule has 3 heterocycles. The second kappa shape index (κ2) is 14.8. The fourth-order valence-electron chi connectivity index (χ4n) is 6.86. The molecular formula is C34H47N5O4. The highest BCUT2D eigenvalue weighted by molar-refractivity contribution is 6.00. The molecule has 3 aliphatic rings. The quantitative estimate of drug-likeness (QED) is 0.368. The Balaban J connectivity index is 1.15. The number of alkyl carbamates (subject to hydrolysis) is 1. The van der Waals surface area contributed by atoms with Crippen molar-refractivity contribution in [3.63, 3.8) is 0 Å². The number of nitrogens with zero attached hydrogens (tertiary/aromatic N) is 3. The van der Waals surface area contributed by atoms with Crippen LogP contribution in [-0.4, -0.2) is 96.5 Å². The Morgan fingerprint density at radius 2 is 1.65 bits per heavy atom. The van der Waals surface area contributed by atoms with E-state index < -0.39 is 17.7 Å². The minimum absolute atomic E-state index is 0.0182. The maximum atomic E-state index is 14.0. The number of hydrogen-bond donors (Lipinski definition) is 2. The third-order valence-electron chi connectivity index (χ3n) is 9.56. The molecule has 0 radical (unpaired) electrons. The first-order valence-electron chi connectivity index (χ1n) is 16.0. The van der Waals surface area contributed by atoms with Crippen LogP contribution >= 0.6 is 0 Å². The highest BCUT2D eigenvalue weighted by Gasteiger charge is 2.53. The predicted molar refractivity (Wildman–Crippen MR) is 166 cm³/mol. The Morgan fingerprint density at radius 3 is 2.33 bits per heavy atom. The van der Waals surface area contributed by atoms with Crippen LogP contribution in [0.1, 0.15) is 56.1 Å². The van der Waals surface area contributed by atoms with E-state index in [-0.39, 0.29) is 18.4 Å². The number of amides is 3. The molecule has 2 N–H and O–H groups in total. The van der Waals surface area contributed by atoms with Gasteiger partial charge >= 0.3 is 6.09 Å². The predicted octanol–water partition coefficient (Wildman–Crippen LogP) is 3.58. The second-order valence-corrected chi connectivity index (χ2v) is 12.3. The lowest BCUT2D eigenvalue weighted by molar-refractivity contribution is -0.161. The molecule has 2 atom stereocenters. The van der Waals surface area contributed by atoms with Gasteiger partial charge in [-0.1, -0.05) is 60.7 Å². The number of carbonyl (C=O) groups excluding carboxylic acids is 3. The number of piperidine rings is 1. The Hall–Kier alpha value is -3.43. The van der Waals surface area contributed by atoms with Gasteiger partial charge in [0, 0.05) is 38.8 Å². The molecular weight excluding hydrogens is 542 g/mol. The highest BCUT2D eigenvalue weighted by atomic mass is 16.5. The molecule has 1 unspecified atom stereocenters. The van der Waals surface area contributed by atoms with Crippen molar-refractivity contribution in [1.82, 2.24) is 25.3 Å². The van der Waals surface area contributed by atoms with E-state index in [1.54, 1.807) is 0 Å². The minimum atomic E-state index is -0.784. The Labute approximate surface area is 255 Å². The number of likely N-dealkylation sites (tertiary alicyclic amines) is 2. The van der Waals surface area contributed by atoms with Gasteiger partial charge in [-0.2, -0.15) is 0 Å². The standard InChI is InChI=1S/C34H47N5O4/c1-37-21-9-14-29(37)17-23-39-31(40)30(15-8-20-35-33(42)43-26-28-12-6-3-7-13-28)36-32(41)34(39)18-24-38(25-19-34)22-16-27-10-4-2-5-11-27/h2-7,10-13,29-30H,8-9,14-26H2,1H3,(H,35,42)(H,36,41)/t29?,30-/m0/s1. The number of carbonyl (C=O) groups is 3. The third-order valence-corrected chi connectivity index (χ3v) is 9.56. The summed E-state index contributed by atoms with van der Waals surface area (Å²) in [7, 11) is 2.16. The van der Waals surface area contributed by atoms with Crippen LogP contribution in [0, 0.1) is 0 Å². The van der Waals surface area contributed by atoms with Gasteiger partial charge in [0.1, 0.15) is 18.2 Å². The normalized spacial score (nSPS) is 22.5. The molecule has 2 aromatic carbocycles. The molecule has 43 heavy (non-hydrogen) atoms. The smallest absolute Gasteiger partial charge is 0.407 e. The number of ether oxygens (including phenoxy) is 1. The molecule has 232 valence electrons. The van der Waals surface area contributed by atoms with Crippen molar-refractivity contribution in [2.45, 2.75) is 75.6 Å². The Bertz CT molecular complexity index is 1200. The van der Waals surface area contributed by atoms with Crippen molar-refractivity contribution in [2.75, 3.05) is 46.3 Å². The molecule has 3 aliphatic heterocycles. The van der Waals surface area contributed by atoms with Gasteiger partial charge < -0.3 is 30.1 Å². The van der Waals surface area contributed by atoms with Crippen LogP contribution in [0.2, 0.25) is 0 Å². The van der Waals surface area contributed by atoms with Crippen molar-refractivity contribution < 1.29 is 19.1 Å². The molecule has 9 heteroatoms. The summed E-state index contributed by atoms with van der Waals surface area (Å²) in [4.78, 5) is 46.7. The number of piperazine rings is 1. The van der Waals surface area contributed by atoms with Gasteiger partial charge in [0.05, 0.1) is 0 Å². The minimum Gasteiger partial charge on any atom is -0.445 e. The molecule has 0 aliphatic carbocycles. The molecule has 3 amide bonds. The summed E-state index contributed by atoms with van der Waals surface area (Å²) in [6.07, 6.45) is 6.05. The molecule has 3 saturated heterocycles. The zero-order chi connectivity index (χ0) is 30.1. The third kappa shape index (κ3) is 7.95. The van der Waals surface area contributed by atoms with Crippen molar-refractivity contribution >= 4 is 17.9 Å². The first kappa shape index (κ1) is 31.0. The van der Waals surface area contributed by atoms with E-state index in [0.717, 1.165) is 51.0 Å². The van der Waals surface area contributed by atoms with E-state index in [2.05, 4.69) is 51.7 Å². The first-order chi connectivity index (χ1) is 20.9. The SMILES string of the molecule is CN1CCCC1CCN1C(=O)[C@H](CCCNC(=O)OCc2ccccc2)NC(=O)C12CCN(CCc1ccccc1)CC2. The fourth-order valence-corrected chi connectivity index (χ4v) is 6.86. The lowest BCUT2D eigenvalue weighted by atomic mass is 9.81. The summed E-state index contributed by atoms with van der Waals surface area (Å²) in [6, 6.07) is 19.9. The van der Waals surface area contributed by atoms with Crippen LogP contribution in [0.25, 0.3) is 0 Å². The molecule has 2 aromatic rings. The molecule has 0 saturated carbocycles. The van der Waals surface area contributed by atoms with Crippen molar-refractivity contribution in [2.24, 2.45) is 0 Å². The monoisotopic (exact) mass is 589 g/mol. The Morgan fingerprint density at radius 1 is 0.953 bits per heavy atom. The number of nitrogens with one attached hydrogen (secondary N) is 2. The van der Waals surface area contributed by atoms with Crippen LogP contribution in [0.5, 0.6) is 0 Å². The van der Waals surface area contributed by atoms with Crippen LogP contribution in [0.4, 0.5) is 4.79 Å². The molecule has 5 rings (SSSR count). The van der Waals surface area contributed by atoms with Gasteiger partial charge in [-0.25, -0.2) is 4.79 Å². The summed E-state index contributed by atoms with van der Waals surface area (Å²) in [5.41, 5.74) is 1.46. The van der Waals surface area contributed by atoms with Gasteiger partial charge in [-0.15, -0.1) is 0 Å². The van der Waals surface area contributed by atoms with Crippen LogP contribution in [0.15, 0.2) is 60.7 Å². The maximum absolute atomic E-state index is 14.0. The zero-order valence-corrected chi connectivity index (χ0v) is 25.5.